The Hall–Kier alpha value is -1.13. The molecule has 2 atom stereocenters. The zero-order valence-electron chi connectivity index (χ0n) is 13.5. The Bertz CT molecular complexity index is 701. The summed E-state index contributed by atoms with van der Waals surface area (Å²) in [5.74, 6) is -0.392. The number of rotatable bonds is 7. The third-order valence-corrected chi connectivity index (χ3v) is 7.28. The average molecular weight is 393 g/mol. The molecule has 0 bridgehead atoms. The smallest absolute Gasteiger partial charge is 0.311 e. The summed E-state index contributed by atoms with van der Waals surface area (Å²) in [5, 5.41) is 4.15. The number of hydrogen-bond acceptors (Lipinski definition) is 8. The first kappa shape index (κ1) is 19.2. The van der Waals surface area contributed by atoms with E-state index in [1.165, 1.54) is 23.1 Å². The third kappa shape index (κ3) is 5.75. The van der Waals surface area contributed by atoms with Crippen LogP contribution < -0.4 is 5.32 Å². The Balaban J connectivity index is 1.83. The summed E-state index contributed by atoms with van der Waals surface area (Å²) in [6.45, 7) is 3.82. The number of thiazole rings is 1. The third-order valence-electron chi connectivity index (χ3n) is 3.39. The zero-order valence-corrected chi connectivity index (χ0v) is 15.9. The molecule has 1 N–H and O–H groups in total. The first-order valence-electron chi connectivity index (χ1n) is 7.56. The molecular weight excluding hydrogens is 372 g/mol. The van der Waals surface area contributed by atoms with Gasteiger partial charge in [-0.25, -0.2) is 13.4 Å². The van der Waals surface area contributed by atoms with Gasteiger partial charge in [-0.2, -0.15) is 0 Å². The van der Waals surface area contributed by atoms with Crippen LogP contribution in [0.25, 0.3) is 0 Å². The second-order valence-electron chi connectivity index (χ2n) is 5.46. The molecule has 1 aliphatic heterocycles. The highest BCUT2D eigenvalue weighted by Gasteiger charge is 2.30. The molecule has 0 saturated carbocycles. The standard InChI is InChI=1S/C14H20N2O5S3/c1-3-21-12(17)6-11-7-22-14(16-11)23-9(2)13(18)15-10-4-5-24(19,20)8-10/h7,9-10H,3-6,8H2,1-2H3,(H,15,18)/t9-,10+/m1/s1. The van der Waals surface area contributed by atoms with Crippen molar-refractivity contribution >= 4 is 44.8 Å². The van der Waals surface area contributed by atoms with E-state index in [0.717, 1.165) is 0 Å². The molecule has 0 aromatic carbocycles. The predicted octanol–water partition coefficient (Wildman–Crippen LogP) is 1.03. The number of sulfone groups is 1. The fraction of sp³-hybridized carbons (Fsp3) is 0.643. The molecule has 1 aromatic heterocycles. The monoisotopic (exact) mass is 392 g/mol. The number of amides is 1. The van der Waals surface area contributed by atoms with Gasteiger partial charge < -0.3 is 10.1 Å². The summed E-state index contributed by atoms with van der Waals surface area (Å²) >= 11 is 2.66. The van der Waals surface area contributed by atoms with Gasteiger partial charge in [0.05, 0.1) is 35.5 Å². The number of aromatic nitrogens is 1. The SMILES string of the molecule is CCOC(=O)Cc1csc(S[C@H](C)C(=O)N[C@H]2CCS(=O)(=O)C2)n1. The van der Waals surface area contributed by atoms with E-state index >= 15 is 0 Å². The molecule has 0 radical (unpaired) electrons. The van der Waals surface area contributed by atoms with Crippen LogP contribution in [0.4, 0.5) is 0 Å². The molecule has 1 fully saturated rings. The van der Waals surface area contributed by atoms with Gasteiger partial charge in [0, 0.05) is 11.4 Å². The molecule has 134 valence electrons. The van der Waals surface area contributed by atoms with Crippen LogP contribution in [-0.4, -0.2) is 54.7 Å². The van der Waals surface area contributed by atoms with Crippen LogP contribution in [0.5, 0.6) is 0 Å². The van der Waals surface area contributed by atoms with Crippen molar-refractivity contribution in [2.24, 2.45) is 0 Å². The Morgan fingerprint density at radius 3 is 2.92 bits per heavy atom. The van der Waals surface area contributed by atoms with Crippen LogP contribution in [-0.2, 0) is 30.6 Å². The van der Waals surface area contributed by atoms with Gasteiger partial charge in [-0.1, -0.05) is 11.8 Å². The summed E-state index contributed by atoms with van der Waals surface area (Å²) < 4.78 is 28.4. The lowest BCUT2D eigenvalue weighted by Gasteiger charge is -2.14. The largest absolute Gasteiger partial charge is 0.466 e. The van der Waals surface area contributed by atoms with Crippen LogP contribution in [0.2, 0.25) is 0 Å². The molecule has 2 rings (SSSR count). The van der Waals surface area contributed by atoms with E-state index in [4.69, 9.17) is 4.74 Å². The van der Waals surface area contributed by atoms with E-state index in [2.05, 4.69) is 10.3 Å². The molecule has 7 nitrogen and oxygen atoms in total. The van der Waals surface area contributed by atoms with Crippen molar-refractivity contribution < 1.29 is 22.7 Å². The van der Waals surface area contributed by atoms with Gasteiger partial charge in [-0.15, -0.1) is 11.3 Å². The molecule has 0 unspecified atom stereocenters. The molecular formula is C14H20N2O5S3. The second kappa shape index (κ2) is 8.30. The van der Waals surface area contributed by atoms with Gasteiger partial charge in [0.2, 0.25) is 5.91 Å². The van der Waals surface area contributed by atoms with Crippen LogP contribution in [0.3, 0.4) is 0 Å². The molecule has 1 aromatic rings. The second-order valence-corrected chi connectivity index (χ2v) is 10.1. The van der Waals surface area contributed by atoms with Crippen molar-refractivity contribution in [3.8, 4) is 0 Å². The van der Waals surface area contributed by atoms with Crippen molar-refractivity contribution in [3.63, 3.8) is 0 Å². The lowest BCUT2D eigenvalue weighted by atomic mass is 10.2. The Kier molecular flexibility index (Phi) is 6.64. The normalized spacial score (nSPS) is 20.5. The highest BCUT2D eigenvalue weighted by atomic mass is 32.2. The maximum atomic E-state index is 12.2. The van der Waals surface area contributed by atoms with Gasteiger partial charge >= 0.3 is 5.97 Å². The Morgan fingerprint density at radius 2 is 2.29 bits per heavy atom. The van der Waals surface area contributed by atoms with Crippen molar-refractivity contribution in [1.82, 2.24) is 10.3 Å². The number of nitrogens with zero attached hydrogens (tertiary/aromatic N) is 1. The van der Waals surface area contributed by atoms with Gasteiger partial charge in [0.15, 0.2) is 14.2 Å². The number of hydrogen-bond donors (Lipinski definition) is 1. The van der Waals surface area contributed by atoms with Crippen LogP contribution >= 0.6 is 23.1 Å². The number of nitrogens with one attached hydrogen (secondary N) is 1. The van der Waals surface area contributed by atoms with E-state index in [9.17, 15) is 18.0 Å². The minimum absolute atomic E-state index is 0.0110. The van der Waals surface area contributed by atoms with E-state index in [1.54, 1.807) is 19.2 Å². The fourth-order valence-electron chi connectivity index (χ4n) is 2.22. The van der Waals surface area contributed by atoms with Crippen LogP contribution in [0, 0.1) is 0 Å². The Morgan fingerprint density at radius 1 is 1.54 bits per heavy atom. The minimum atomic E-state index is -3.01. The van der Waals surface area contributed by atoms with Crippen molar-refractivity contribution in [2.75, 3.05) is 18.1 Å². The zero-order chi connectivity index (χ0) is 17.7. The number of carbonyl (C=O) groups excluding carboxylic acids is 2. The maximum Gasteiger partial charge on any atom is 0.311 e. The molecule has 10 heteroatoms. The lowest BCUT2D eigenvalue weighted by molar-refractivity contribution is -0.142. The molecule has 0 aliphatic carbocycles. The van der Waals surface area contributed by atoms with E-state index in [1.807, 2.05) is 0 Å². The molecule has 1 saturated heterocycles. The van der Waals surface area contributed by atoms with Gasteiger partial charge in [-0.3, -0.25) is 9.59 Å². The van der Waals surface area contributed by atoms with E-state index in [-0.39, 0.29) is 35.8 Å². The van der Waals surface area contributed by atoms with Crippen LogP contribution in [0.15, 0.2) is 9.72 Å². The summed E-state index contributed by atoms with van der Waals surface area (Å²) in [4.78, 5) is 27.9. The first-order chi connectivity index (χ1) is 11.3. The summed E-state index contributed by atoms with van der Waals surface area (Å²) in [7, 11) is -3.01. The molecule has 2 heterocycles. The minimum Gasteiger partial charge on any atom is -0.466 e. The summed E-state index contributed by atoms with van der Waals surface area (Å²) in [5.41, 5.74) is 0.621. The molecule has 24 heavy (non-hydrogen) atoms. The van der Waals surface area contributed by atoms with Crippen molar-refractivity contribution in [3.05, 3.63) is 11.1 Å². The Labute approximate surface area is 149 Å². The number of carbonyl (C=O) groups is 2. The topological polar surface area (TPSA) is 102 Å². The van der Waals surface area contributed by atoms with E-state index < -0.39 is 15.1 Å². The quantitative estimate of drug-likeness (QED) is 0.546. The number of ether oxygens (including phenoxy) is 1. The lowest BCUT2D eigenvalue weighted by Crippen LogP contribution is -2.39. The summed E-state index contributed by atoms with van der Waals surface area (Å²) in [6.07, 6.45) is 0.581. The predicted molar refractivity (Wildman–Crippen MR) is 93.0 cm³/mol. The van der Waals surface area contributed by atoms with Gasteiger partial charge in [0.1, 0.15) is 0 Å². The number of esters is 1. The van der Waals surface area contributed by atoms with E-state index in [0.29, 0.717) is 23.1 Å². The number of thioether (sulfide) groups is 1. The van der Waals surface area contributed by atoms with Crippen molar-refractivity contribution in [1.29, 1.82) is 0 Å². The summed E-state index contributed by atoms with van der Waals surface area (Å²) in [6, 6.07) is -0.304. The molecule has 1 amide bonds. The maximum absolute atomic E-state index is 12.2. The van der Waals surface area contributed by atoms with Gasteiger partial charge in [-0.05, 0) is 20.3 Å². The average Bonchev–Trinajstić information content (AvgIpc) is 3.05. The van der Waals surface area contributed by atoms with Crippen LogP contribution in [0.1, 0.15) is 26.0 Å². The molecule has 1 aliphatic rings. The highest BCUT2D eigenvalue weighted by molar-refractivity contribution is 8.02. The first-order valence-corrected chi connectivity index (χ1v) is 11.1. The fourth-order valence-corrected chi connectivity index (χ4v) is 5.88. The highest BCUT2D eigenvalue weighted by Crippen LogP contribution is 2.27. The van der Waals surface area contributed by atoms with Gasteiger partial charge in [0.25, 0.3) is 0 Å². The molecule has 0 spiro atoms. The van der Waals surface area contributed by atoms with Crippen molar-refractivity contribution in [2.45, 2.75) is 42.3 Å².